The molecule has 1 N–H and O–H groups in total. The highest BCUT2D eigenvalue weighted by molar-refractivity contribution is 9.10. The van der Waals surface area contributed by atoms with Gasteiger partial charge >= 0.3 is 0 Å². The van der Waals surface area contributed by atoms with Gasteiger partial charge in [-0.25, -0.2) is 0 Å². The summed E-state index contributed by atoms with van der Waals surface area (Å²) in [6.45, 7) is 7.33. The van der Waals surface area contributed by atoms with Crippen molar-refractivity contribution in [1.82, 2.24) is 20.1 Å². The summed E-state index contributed by atoms with van der Waals surface area (Å²) < 4.78 is 2.99. The van der Waals surface area contributed by atoms with Gasteiger partial charge in [0.1, 0.15) is 6.33 Å². The first-order valence-electron chi connectivity index (χ1n) is 6.40. The zero-order valence-corrected chi connectivity index (χ0v) is 14.5. The average Bonchev–Trinajstić information content (AvgIpc) is 2.73. The summed E-state index contributed by atoms with van der Waals surface area (Å²) in [7, 11) is 1.95. The van der Waals surface area contributed by atoms with E-state index in [4.69, 9.17) is 0 Å². The number of nitrogens with one attached hydrogen (secondary N) is 1. The van der Waals surface area contributed by atoms with Gasteiger partial charge in [-0.05, 0) is 50.2 Å². The average molecular weight is 355 g/mol. The predicted octanol–water partition coefficient (Wildman–Crippen LogP) is 3.62. The SMILES string of the molecule is Cn1cnnc1Sc1cc(Br)ccc1CNC(C)(C)C. The first-order valence-corrected chi connectivity index (χ1v) is 8.01. The first kappa shape index (κ1) is 15.5. The molecule has 0 saturated carbocycles. The van der Waals surface area contributed by atoms with Crippen LogP contribution in [0.25, 0.3) is 0 Å². The summed E-state index contributed by atoms with van der Waals surface area (Å²) in [5.41, 5.74) is 1.36. The van der Waals surface area contributed by atoms with Gasteiger partial charge in [-0.1, -0.05) is 22.0 Å². The molecule has 4 nitrogen and oxygen atoms in total. The van der Waals surface area contributed by atoms with Crippen LogP contribution in [0.3, 0.4) is 0 Å². The Labute approximate surface area is 132 Å². The number of halogens is 1. The maximum absolute atomic E-state index is 4.13. The highest BCUT2D eigenvalue weighted by Gasteiger charge is 2.13. The normalized spacial score (nSPS) is 11.8. The zero-order chi connectivity index (χ0) is 14.8. The zero-order valence-electron chi connectivity index (χ0n) is 12.1. The van der Waals surface area contributed by atoms with E-state index in [0.29, 0.717) is 0 Å². The summed E-state index contributed by atoms with van der Waals surface area (Å²) >= 11 is 5.16. The molecule has 2 rings (SSSR count). The molecule has 108 valence electrons. The lowest BCUT2D eigenvalue weighted by atomic mass is 10.1. The molecule has 0 aliphatic heterocycles. The molecule has 0 atom stereocenters. The van der Waals surface area contributed by atoms with E-state index in [9.17, 15) is 0 Å². The molecule has 0 aliphatic carbocycles. The Bertz CT molecular complexity index is 589. The number of rotatable bonds is 4. The fourth-order valence-electron chi connectivity index (χ4n) is 1.59. The van der Waals surface area contributed by atoms with Crippen molar-refractivity contribution >= 4 is 27.7 Å². The molecule has 1 heterocycles. The van der Waals surface area contributed by atoms with Crippen molar-refractivity contribution in [3.8, 4) is 0 Å². The van der Waals surface area contributed by atoms with Crippen LogP contribution >= 0.6 is 27.7 Å². The molecule has 0 saturated heterocycles. The van der Waals surface area contributed by atoms with Gasteiger partial charge in [0.05, 0.1) is 0 Å². The van der Waals surface area contributed by atoms with E-state index in [2.05, 4.69) is 70.4 Å². The Balaban J connectivity index is 2.22. The number of benzene rings is 1. The van der Waals surface area contributed by atoms with E-state index in [1.54, 1.807) is 18.1 Å². The minimum atomic E-state index is 0.0970. The van der Waals surface area contributed by atoms with Gasteiger partial charge in [0.25, 0.3) is 0 Å². The molecule has 0 bridgehead atoms. The van der Waals surface area contributed by atoms with Crippen LogP contribution in [0.15, 0.2) is 39.1 Å². The van der Waals surface area contributed by atoms with Crippen LogP contribution in [-0.4, -0.2) is 20.3 Å². The van der Waals surface area contributed by atoms with Gasteiger partial charge in [0.15, 0.2) is 5.16 Å². The van der Waals surface area contributed by atoms with Gasteiger partial charge < -0.3 is 9.88 Å². The highest BCUT2D eigenvalue weighted by Crippen LogP contribution is 2.31. The second kappa shape index (κ2) is 6.28. The molecule has 1 aromatic heterocycles. The van der Waals surface area contributed by atoms with Crippen LogP contribution < -0.4 is 5.32 Å². The maximum atomic E-state index is 4.13. The van der Waals surface area contributed by atoms with Crippen molar-refractivity contribution < 1.29 is 0 Å². The quantitative estimate of drug-likeness (QED) is 0.910. The Morgan fingerprint density at radius 2 is 2.10 bits per heavy atom. The van der Waals surface area contributed by atoms with Gasteiger partial charge in [-0.15, -0.1) is 10.2 Å². The van der Waals surface area contributed by atoms with Crippen molar-refractivity contribution in [3.05, 3.63) is 34.6 Å². The summed E-state index contributed by atoms with van der Waals surface area (Å²) in [6.07, 6.45) is 1.72. The Kier molecular flexibility index (Phi) is 4.88. The standard InChI is InChI=1S/C14H19BrN4S/c1-14(2,3)16-8-10-5-6-11(15)7-12(10)20-13-18-17-9-19(13)4/h5-7,9,16H,8H2,1-4H3. The van der Waals surface area contributed by atoms with Crippen molar-refractivity contribution in [3.63, 3.8) is 0 Å². The van der Waals surface area contributed by atoms with Crippen LogP contribution in [0.4, 0.5) is 0 Å². The largest absolute Gasteiger partial charge is 0.311 e. The molecule has 20 heavy (non-hydrogen) atoms. The van der Waals surface area contributed by atoms with Gasteiger partial charge in [-0.3, -0.25) is 0 Å². The molecular weight excluding hydrogens is 336 g/mol. The van der Waals surface area contributed by atoms with Crippen LogP contribution in [0.5, 0.6) is 0 Å². The van der Waals surface area contributed by atoms with E-state index in [0.717, 1.165) is 16.2 Å². The third-order valence-electron chi connectivity index (χ3n) is 2.71. The Morgan fingerprint density at radius 3 is 2.70 bits per heavy atom. The monoisotopic (exact) mass is 354 g/mol. The minimum Gasteiger partial charge on any atom is -0.311 e. The van der Waals surface area contributed by atoms with Crippen molar-refractivity contribution in [2.45, 2.75) is 42.9 Å². The molecule has 1 aromatic carbocycles. The number of hydrogen-bond donors (Lipinski definition) is 1. The summed E-state index contributed by atoms with van der Waals surface area (Å²) in [4.78, 5) is 1.19. The van der Waals surface area contributed by atoms with Crippen LogP contribution in [0.1, 0.15) is 26.3 Å². The highest BCUT2D eigenvalue weighted by atomic mass is 79.9. The third kappa shape index (κ3) is 4.33. The molecule has 0 amide bonds. The van der Waals surface area contributed by atoms with Crippen LogP contribution in [-0.2, 0) is 13.6 Å². The molecular formula is C14H19BrN4S. The van der Waals surface area contributed by atoms with Gasteiger partial charge in [-0.2, -0.15) is 0 Å². The number of hydrogen-bond acceptors (Lipinski definition) is 4. The van der Waals surface area contributed by atoms with E-state index < -0.39 is 0 Å². The fraction of sp³-hybridized carbons (Fsp3) is 0.429. The van der Waals surface area contributed by atoms with Crippen LogP contribution in [0.2, 0.25) is 0 Å². The lowest BCUT2D eigenvalue weighted by molar-refractivity contribution is 0.422. The maximum Gasteiger partial charge on any atom is 0.195 e. The minimum absolute atomic E-state index is 0.0970. The summed E-state index contributed by atoms with van der Waals surface area (Å²) in [6, 6.07) is 6.33. The second-order valence-corrected chi connectivity index (χ2v) is 7.61. The number of nitrogens with zero attached hydrogens (tertiary/aromatic N) is 3. The third-order valence-corrected chi connectivity index (χ3v) is 4.35. The van der Waals surface area contributed by atoms with E-state index in [1.807, 2.05) is 11.6 Å². The smallest absolute Gasteiger partial charge is 0.195 e. The van der Waals surface area contributed by atoms with E-state index in [-0.39, 0.29) is 5.54 Å². The molecule has 2 aromatic rings. The second-order valence-electron chi connectivity index (χ2n) is 5.68. The van der Waals surface area contributed by atoms with E-state index in [1.165, 1.54) is 10.5 Å². The molecule has 0 spiro atoms. The summed E-state index contributed by atoms with van der Waals surface area (Å²) in [5.74, 6) is 0. The van der Waals surface area contributed by atoms with Gasteiger partial charge in [0.2, 0.25) is 0 Å². The van der Waals surface area contributed by atoms with Gasteiger partial charge in [0, 0.05) is 28.5 Å². The van der Waals surface area contributed by atoms with E-state index >= 15 is 0 Å². The molecule has 0 unspecified atom stereocenters. The van der Waals surface area contributed by atoms with Crippen LogP contribution in [0, 0.1) is 0 Å². The topological polar surface area (TPSA) is 42.7 Å². The lowest BCUT2D eigenvalue weighted by Gasteiger charge is -2.21. The first-order chi connectivity index (χ1) is 9.35. The number of aryl methyl sites for hydroxylation is 1. The lowest BCUT2D eigenvalue weighted by Crippen LogP contribution is -2.35. The molecule has 0 fully saturated rings. The van der Waals surface area contributed by atoms with Crippen molar-refractivity contribution in [2.75, 3.05) is 0 Å². The molecule has 6 heteroatoms. The fourth-order valence-corrected chi connectivity index (χ4v) is 3.04. The molecule has 0 aliphatic rings. The van der Waals surface area contributed by atoms with Crippen molar-refractivity contribution in [2.24, 2.45) is 7.05 Å². The Morgan fingerprint density at radius 1 is 1.35 bits per heavy atom. The summed E-state index contributed by atoms with van der Waals surface area (Å²) in [5, 5.41) is 12.5. The Hall–Kier alpha value is -0.850. The number of aromatic nitrogens is 3. The van der Waals surface area contributed by atoms with Crippen molar-refractivity contribution in [1.29, 1.82) is 0 Å². The molecule has 0 radical (unpaired) electrons. The predicted molar refractivity (Wildman–Crippen MR) is 85.9 cm³/mol.